The Balaban J connectivity index is 2.97. The molecule has 1 unspecified atom stereocenters. The highest BCUT2D eigenvalue weighted by molar-refractivity contribution is 5.39. The SMILES string of the molecule is C=CCCOc1ccc(CC(N)CC)cc1C(F)(F)F. The van der Waals surface area contributed by atoms with Crippen molar-refractivity contribution in [1.82, 2.24) is 0 Å². The molecule has 1 atom stereocenters. The van der Waals surface area contributed by atoms with Gasteiger partial charge in [-0.25, -0.2) is 0 Å². The molecule has 0 aliphatic heterocycles. The van der Waals surface area contributed by atoms with Crippen LogP contribution in [0.15, 0.2) is 30.9 Å². The average Bonchev–Trinajstić information content (AvgIpc) is 2.39. The number of nitrogens with two attached hydrogens (primary N) is 1. The zero-order valence-corrected chi connectivity index (χ0v) is 11.5. The topological polar surface area (TPSA) is 35.2 Å². The first-order valence-electron chi connectivity index (χ1n) is 6.57. The highest BCUT2D eigenvalue weighted by atomic mass is 19.4. The van der Waals surface area contributed by atoms with Gasteiger partial charge in [0.1, 0.15) is 5.75 Å². The Bertz CT molecular complexity index is 443. The van der Waals surface area contributed by atoms with Crippen LogP contribution in [0.25, 0.3) is 0 Å². The van der Waals surface area contributed by atoms with Crippen molar-refractivity contribution in [2.75, 3.05) is 6.61 Å². The van der Waals surface area contributed by atoms with E-state index in [9.17, 15) is 13.2 Å². The third-order valence-corrected chi connectivity index (χ3v) is 2.95. The van der Waals surface area contributed by atoms with Crippen molar-refractivity contribution in [3.8, 4) is 5.75 Å². The zero-order chi connectivity index (χ0) is 15.2. The van der Waals surface area contributed by atoms with Gasteiger partial charge in [-0.2, -0.15) is 13.2 Å². The Kier molecular flexibility index (Phi) is 6.07. The number of hydrogen-bond acceptors (Lipinski definition) is 2. The molecule has 0 saturated carbocycles. The summed E-state index contributed by atoms with van der Waals surface area (Å²) in [5.41, 5.74) is 5.60. The molecule has 0 heterocycles. The molecular weight excluding hydrogens is 267 g/mol. The molecule has 112 valence electrons. The second-order valence-electron chi connectivity index (χ2n) is 4.63. The van der Waals surface area contributed by atoms with Crippen LogP contribution < -0.4 is 10.5 Å². The van der Waals surface area contributed by atoms with Gasteiger partial charge >= 0.3 is 6.18 Å². The van der Waals surface area contributed by atoms with E-state index in [4.69, 9.17) is 10.5 Å². The molecule has 1 aromatic rings. The standard InChI is InChI=1S/C15H20F3NO/c1-3-5-8-20-14-7-6-11(9-12(19)4-2)10-13(14)15(16,17)18/h3,6-7,10,12H,1,4-5,8-9,19H2,2H3. The van der Waals surface area contributed by atoms with E-state index in [1.165, 1.54) is 6.07 Å². The van der Waals surface area contributed by atoms with Crippen molar-refractivity contribution in [2.45, 2.75) is 38.4 Å². The molecule has 1 aromatic carbocycles. The summed E-state index contributed by atoms with van der Waals surface area (Å²) >= 11 is 0. The van der Waals surface area contributed by atoms with Crippen LogP contribution in [0, 0.1) is 0 Å². The minimum absolute atomic E-state index is 0.136. The van der Waals surface area contributed by atoms with E-state index >= 15 is 0 Å². The lowest BCUT2D eigenvalue weighted by atomic mass is 10.0. The largest absolute Gasteiger partial charge is 0.493 e. The first-order valence-corrected chi connectivity index (χ1v) is 6.57. The molecule has 0 amide bonds. The van der Waals surface area contributed by atoms with Crippen LogP contribution in [0.3, 0.4) is 0 Å². The third-order valence-electron chi connectivity index (χ3n) is 2.95. The van der Waals surface area contributed by atoms with Gasteiger partial charge in [0.15, 0.2) is 0 Å². The Morgan fingerprint density at radius 3 is 2.65 bits per heavy atom. The molecule has 0 radical (unpaired) electrons. The normalized spacial score (nSPS) is 13.1. The highest BCUT2D eigenvalue weighted by Crippen LogP contribution is 2.37. The molecule has 0 aliphatic carbocycles. The van der Waals surface area contributed by atoms with Crippen molar-refractivity contribution < 1.29 is 17.9 Å². The molecule has 0 aliphatic rings. The Morgan fingerprint density at radius 1 is 1.40 bits per heavy atom. The van der Waals surface area contributed by atoms with E-state index in [2.05, 4.69) is 6.58 Å². The van der Waals surface area contributed by atoms with Crippen molar-refractivity contribution in [1.29, 1.82) is 0 Å². The molecule has 0 aromatic heterocycles. The fourth-order valence-electron chi connectivity index (χ4n) is 1.75. The summed E-state index contributed by atoms with van der Waals surface area (Å²) in [5.74, 6) is -0.145. The van der Waals surface area contributed by atoms with Gasteiger partial charge in [0.25, 0.3) is 0 Å². The molecule has 0 saturated heterocycles. The molecule has 0 spiro atoms. The fourth-order valence-corrected chi connectivity index (χ4v) is 1.75. The quantitative estimate of drug-likeness (QED) is 0.609. The zero-order valence-electron chi connectivity index (χ0n) is 11.5. The summed E-state index contributed by atoms with van der Waals surface area (Å²) in [6.45, 7) is 5.59. The number of hydrogen-bond donors (Lipinski definition) is 1. The van der Waals surface area contributed by atoms with Crippen LogP contribution in [0.1, 0.15) is 30.9 Å². The van der Waals surface area contributed by atoms with E-state index in [0.717, 1.165) is 12.5 Å². The average molecular weight is 287 g/mol. The van der Waals surface area contributed by atoms with Crippen LogP contribution >= 0.6 is 0 Å². The Labute approximate surface area is 117 Å². The maximum atomic E-state index is 13.0. The van der Waals surface area contributed by atoms with Crippen LogP contribution in [-0.4, -0.2) is 12.6 Å². The van der Waals surface area contributed by atoms with E-state index < -0.39 is 11.7 Å². The lowest BCUT2D eigenvalue weighted by Gasteiger charge is -2.16. The molecule has 0 bridgehead atoms. The molecule has 20 heavy (non-hydrogen) atoms. The third kappa shape index (κ3) is 4.89. The van der Waals surface area contributed by atoms with Gasteiger partial charge in [-0.15, -0.1) is 6.58 Å². The highest BCUT2D eigenvalue weighted by Gasteiger charge is 2.34. The number of halogens is 3. The minimum Gasteiger partial charge on any atom is -0.493 e. The maximum Gasteiger partial charge on any atom is 0.419 e. The van der Waals surface area contributed by atoms with Crippen LogP contribution in [0.5, 0.6) is 5.75 Å². The summed E-state index contributed by atoms with van der Waals surface area (Å²) < 4.78 is 44.2. The lowest BCUT2D eigenvalue weighted by molar-refractivity contribution is -0.139. The van der Waals surface area contributed by atoms with Gasteiger partial charge in [-0.1, -0.05) is 19.1 Å². The summed E-state index contributed by atoms with van der Waals surface area (Å²) in [4.78, 5) is 0. The number of rotatable bonds is 7. The van der Waals surface area contributed by atoms with Crippen LogP contribution in [-0.2, 0) is 12.6 Å². The second-order valence-corrected chi connectivity index (χ2v) is 4.63. The van der Waals surface area contributed by atoms with E-state index in [0.29, 0.717) is 18.4 Å². The van der Waals surface area contributed by atoms with Gasteiger partial charge in [0, 0.05) is 6.04 Å². The van der Waals surface area contributed by atoms with Crippen molar-refractivity contribution in [3.05, 3.63) is 42.0 Å². The van der Waals surface area contributed by atoms with Gasteiger partial charge in [-0.3, -0.25) is 0 Å². The Morgan fingerprint density at radius 2 is 2.10 bits per heavy atom. The first-order chi connectivity index (χ1) is 9.38. The molecular formula is C15H20F3NO. The Hall–Kier alpha value is -1.49. The van der Waals surface area contributed by atoms with Gasteiger partial charge < -0.3 is 10.5 Å². The lowest BCUT2D eigenvalue weighted by Crippen LogP contribution is -2.21. The van der Waals surface area contributed by atoms with Gasteiger partial charge in [0.05, 0.1) is 12.2 Å². The smallest absolute Gasteiger partial charge is 0.419 e. The predicted octanol–water partition coefficient (Wildman–Crippen LogP) is 3.94. The summed E-state index contributed by atoms with van der Waals surface area (Å²) in [5, 5.41) is 0. The second kappa shape index (κ2) is 7.33. The van der Waals surface area contributed by atoms with Crippen molar-refractivity contribution in [2.24, 2.45) is 5.73 Å². The van der Waals surface area contributed by atoms with Gasteiger partial charge in [-0.05, 0) is 37.0 Å². The van der Waals surface area contributed by atoms with E-state index in [1.54, 1.807) is 12.1 Å². The van der Waals surface area contributed by atoms with Gasteiger partial charge in [0.2, 0.25) is 0 Å². The summed E-state index contributed by atoms with van der Waals surface area (Å²) in [7, 11) is 0. The van der Waals surface area contributed by atoms with Crippen molar-refractivity contribution in [3.63, 3.8) is 0 Å². The number of alkyl halides is 3. The molecule has 2 N–H and O–H groups in total. The molecule has 0 fully saturated rings. The fraction of sp³-hybridized carbons (Fsp3) is 0.467. The maximum absolute atomic E-state index is 13.0. The summed E-state index contributed by atoms with van der Waals surface area (Å²) in [6.07, 6.45) is -1.19. The van der Waals surface area contributed by atoms with Crippen LogP contribution in [0.4, 0.5) is 13.2 Å². The predicted molar refractivity (Wildman–Crippen MR) is 73.7 cm³/mol. The minimum atomic E-state index is -4.43. The molecule has 2 nitrogen and oxygen atoms in total. The number of ether oxygens (including phenoxy) is 1. The van der Waals surface area contributed by atoms with Crippen molar-refractivity contribution >= 4 is 0 Å². The molecule has 5 heteroatoms. The molecule has 1 rings (SSSR count). The number of benzene rings is 1. The van der Waals surface area contributed by atoms with E-state index in [1.807, 2.05) is 6.92 Å². The monoisotopic (exact) mass is 287 g/mol. The van der Waals surface area contributed by atoms with E-state index in [-0.39, 0.29) is 18.4 Å². The first kappa shape index (κ1) is 16.6. The van der Waals surface area contributed by atoms with Crippen LogP contribution in [0.2, 0.25) is 0 Å². The summed E-state index contributed by atoms with van der Waals surface area (Å²) in [6, 6.07) is 3.99.